The van der Waals surface area contributed by atoms with Crippen LogP contribution in [0, 0.1) is 6.92 Å². The normalized spacial score (nSPS) is 11.6. The van der Waals surface area contributed by atoms with Gasteiger partial charge in [-0.1, -0.05) is 60.7 Å². The summed E-state index contributed by atoms with van der Waals surface area (Å²) < 4.78 is 6.05. The number of hydrogen-bond donors (Lipinski definition) is 0. The molecule has 0 bridgehead atoms. The van der Waals surface area contributed by atoms with E-state index in [9.17, 15) is 0 Å². The average molecular weight is 309 g/mol. The molecular weight excluding hydrogens is 290 g/mol. The summed E-state index contributed by atoms with van der Waals surface area (Å²) in [6.07, 6.45) is 2.02. The van der Waals surface area contributed by atoms with Crippen LogP contribution in [-0.2, 0) is 5.41 Å². The molecule has 0 amide bonds. The van der Waals surface area contributed by atoms with Gasteiger partial charge < -0.3 is 4.42 Å². The van der Waals surface area contributed by atoms with Crippen molar-refractivity contribution in [3.63, 3.8) is 0 Å². The predicted octanol–water partition coefficient (Wildman–Crippen LogP) is 5.06. The fourth-order valence-electron chi connectivity index (χ4n) is 2.74. The second kappa shape index (κ2) is 6.01. The van der Waals surface area contributed by atoms with E-state index in [-0.39, 0.29) is 0 Å². The van der Waals surface area contributed by atoms with Crippen LogP contribution in [0.5, 0.6) is 0 Å². The van der Waals surface area contributed by atoms with Gasteiger partial charge in [-0.25, -0.2) is 4.98 Å². The van der Waals surface area contributed by atoms with Crippen molar-refractivity contribution in [2.45, 2.75) is 24.3 Å². The molecule has 3 aromatic rings. The van der Waals surface area contributed by atoms with Crippen LogP contribution >= 0.6 is 11.8 Å². The molecule has 0 saturated heterocycles. The van der Waals surface area contributed by atoms with Crippen LogP contribution in [0.25, 0.3) is 0 Å². The molecule has 0 spiro atoms. The molecule has 0 fully saturated rings. The zero-order valence-corrected chi connectivity index (χ0v) is 13.9. The minimum atomic E-state index is -0.402. The Kier molecular flexibility index (Phi) is 4.08. The standard InChI is InChI=1S/C19H19NOS/c1-14-17(22-3)20-18(21-14)19(2,15-10-6-4-7-11-15)16-12-8-5-9-13-16/h4-13H,1-3H3. The number of nitrogens with zero attached hydrogens (tertiary/aromatic N) is 1. The van der Waals surface area contributed by atoms with Gasteiger partial charge in [-0.3, -0.25) is 0 Å². The average Bonchev–Trinajstić information content (AvgIpc) is 2.97. The number of benzene rings is 2. The van der Waals surface area contributed by atoms with Crippen molar-refractivity contribution < 1.29 is 4.42 Å². The van der Waals surface area contributed by atoms with Crippen molar-refractivity contribution in [3.8, 4) is 0 Å². The molecule has 0 aliphatic rings. The van der Waals surface area contributed by atoms with Crippen molar-refractivity contribution in [1.82, 2.24) is 4.98 Å². The fourth-order valence-corrected chi connectivity index (χ4v) is 3.25. The van der Waals surface area contributed by atoms with Crippen molar-refractivity contribution in [1.29, 1.82) is 0 Å². The Hall–Kier alpha value is -2.00. The minimum Gasteiger partial charge on any atom is -0.443 e. The highest BCUT2D eigenvalue weighted by Crippen LogP contribution is 2.39. The zero-order chi connectivity index (χ0) is 15.6. The van der Waals surface area contributed by atoms with Gasteiger partial charge in [-0.15, -0.1) is 11.8 Å². The highest BCUT2D eigenvalue weighted by molar-refractivity contribution is 7.98. The van der Waals surface area contributed by atoms with Crippen LogP contribution < -0.4 is 0 Å². The maximum atomic E-state index is 6.05. The third kappa shape index (κ3) is 2.46. The van der Waals surface area contributed by atoms with E-state index in [2.05, 4.69) is 55.5 Å². The van der Waals surface area contributed by atoms with Crippen molar-refractivity contribution in [2.24, 2.45) is 0 Å². The Balaban J connectivity index is 2.23. The molecule has 0 aliphatic carbocycles. The first kappa shape index (κ1) is 14.9. The number of thioether (sulfide) groups is 1. The number of oxazole rings is 1. The van der Waals surface area contributed by atoms with E-state index in [0.717, 1.165) is 16.7 Å². The van der Waals surface area contributed by atoms with Gasteiger partial charge >= 0.3 is 0 Å². The largest absolute Gasteiger partial charge is 0.443 e. The maximum Gasteiger partial charge on any atom is 0.210 e. The quantitative estimate of drug-likeness (QED) is 0.630. The summed E-state index contributed by atoms with van der Waals surface area (Å²) in [4.78, 5) is 4.75. The first-order valence-electron chi connectivity index (χ1n) is 7.29. The molecule has 0 saturated carbocycles. The molecule has 2 nitrogen and oxygen atoms in total. The lowest BCUT2D eigenvalue weighted by atomic mass is 9.76. The Morgan fingerprint density at radius 3 is 1.82 bits per heavy atom. The molecule has 22 heavy (non-hydrogen) atoms. The molecule has 1 heterocycles. The number of aryl methyl sites for hydroxylation is 1. The van der Waals surface area contributed by atoms with Gasteiger partial charge in [0.15, 0.2) is 0 Å². The van der Waals surface area contributed by atoms with Crippen LogP contribution in [-0.4, -0.2) is 11.2 Å². The number of rotatable bonds is 4. The second-order valence-corrected chi connectivity index (χ2v) is 6.24. The monoisotopic (exact) mass is 309 g/mol. The zero-order valence-electron chi connectivity index (χ0n) is 13.0. The Morgan fingerprint density at radius 1 is 0.909 bits per heavy atom. The summed E-state index contributed by atoms with van der Waals surface area (Å²) in [6.45, 7) is 4.14. The lowest BCUT2D eigenvalue weighted by Crippen LogP contribution is -2.25. The van der Waals surface area contributed by atoms with Gasteiger partial charge in [0.25, 0.3) is 0 Å². The van der Waals surface area contributed by atoms with E-state index in [1.54, 1.807) is 11.8 Å². The molecule has 2 aromatic carbocycles. The third-order valence-electron chi connectivity index (χ3n) is 4.08. The van der Waals surface area contributed by atoms with Gasteiger partial charge in [0.1, 0.15) is 10.8 Å². The summed E-state index contributed by atoms with van der Waals surface area (Å²) in [5.41, 5.74) is 1.95. The van der Waals surface area contributed by atoms with Crippen LogP contribution in [0.1, 0.15) is 29.7 Å². The highest BCUT2D eigenvalue weighted by atomic mass is 32.2. The first-order chi connectivity index (χ1) is 10.7. The first-order valence-corrected chi connectivity index (χ1v) is 8.51. The number of hydrogen-bond acceptors (Lipinski definition) is 3. The van der Waals surface area contributed by atoms with Crippen LogP contribution in [0.15, 0.2) is 70.1 Å². The molecule has 0 N–H and O–H groups in total. The fraction of sp³-hybridized carbons (Fsp3) is 0.211. The van der Waals surface area contributed by atoms with Crippen molar-refractivity contribution in [3.05, 3.63) is 83.4 Å². The summed E-state index contributed by atoms with van der Waals surface area (Å²) in [5.74, 6) is 1.62. The second-order valence-electron chi connectivity index (χ2n) is 5.44. The van der Waals surface area contributed by atoms with Gasteiger partial charge in [0.2, 0.25) is 5.89 Å². The summed E-state index contributed by atoms with van der Waals surface area (Å²) in [6, 6.07) is 20.8. The maximum absolute atomic E-state index is 6.05. The van der Waals surface area contributed by atoms with Gasteiger partial charge in [-0.2, -0.15) is 0 Å². The lowest BCUT2D eigenvalue weighted by Gasteiger charge is -2.27. The topological polar surface area (TPSA) is 26.0 Å². The van der Waals surface area contributed by atoms with E-state index < -0.39 is 5.41 Å². The van der Waals surface area contributed by atoms with Gasteiger partial charge in [0, 0.05) is 0 Å². The summed E-state index contributed by atoms with van der Waals surface area (Å²) in [5, 5.41) is 0.952. The smallest absolute Gasteiger partial charge is 0.210 e. The number of aromatic nitrogens is 1. The van der Waals surface area contributed by atoms with Gasteiger partial charge in [0.05, 0.1) is 5.41 Å². The molecule has 3 rings (SSSR count). The molecule has 0 radical (unpaired) electrons. The van der Waals surface area contributed by atoms with E-state index in [4.69, 9.17) is 9.40 Å². The van der Waals surface area contributed by atoms with E-state index in [0.29, 0.717) is 0 Å². The van der Waals surface area contributed by atoms with Crippen molar-refractivity contribution >= 4 is 11.8 Å². The minimum absolute atomic E-state index is 0.402. The molecule has 112 valence electrons. The SMILES string of the molecule is CSc1nc(C(C)(c2ccccc2)c2ccccc2)oc1C. The highest BCUT2D eigenvalue weighted by Gasteiger charge is 2.36. The van der Waals surface area contributed by atoms with Crippen LogP contribution in [0.4, 0.5) is 0 Å². The molecule has 0 unspecified atom stereocenters. The Labute approximate surface area is 135 Å². The summed E-state index contributed by atoms with van der Waals surface area (Å²) >= 11 is 1.62. The molecule has 0 aliphatic heterocycles. The van der Waals surface area contributed by atoms with E-state index in [1.807, 2.05) is 25.3 Å². The third-order valence-corrected chi connectivity index (χ3v) is 4.84. The van der Waals surface area contributed by atoms with Gasteiger partial charge in [-0.05, 0) is 31.2 Å². The van der Waals surface area contributed by atoms with E-state index >= 15 is 0 Å². The van der Waals surface area contributed by atoms with Crippen molar-refractivity contribution in [2.75, 3.05) is 6.26 Å². The Morgan fingerprint density at radius 2 is 1.41 bits per heavy atom. The van der Waals surface area contributed by atoms with Crippen LogP contribution in [0.3, 0.4) is 0 Å². The lowest BCUT2D eigenvalue weighted by molar-refractivity contribution is 0.413. The molecule has 1 aromatic heterocycles. The summed E-state index contributed by atoms with van der Waals surface area (Å²) in [7, 11) is 0. The predicted molar refractivity (Wildman–Crippen MR) is 91.5 cm³/mol. The Bertz CT molecular complexity index is 710. The van der Waals surface area contributed by atoms with E-state index in [1.165, 1.54) is 11.1 Å². The van der Waals surface area contributed by atoms with Crippen LogP contribution in [0.2, 0.25) is 0 Å². The molecule has 0 atom stereocenters. The molecular formula is C19H19NOS. The molecule has 3 heteroatoms.